The highest BCUT2D eigenvalue weighted by atomic mass is 16.5. The number of rotatable bonds is 3. The van der Waals surface area contributed by atoms with E-state index in [-0.39, 0.29) is 0 Å². The first-order valence-electron chi connectivity index (χ1n) is 3.59. The van der Waals surface area contributed by atoms with E-state index < -0.39 is 0 Å². The van der Waals surface area contributed by atoms with Crippen molar-refractivity contribution >= 4 is 0 Å². The van der Waals surface area contributed by atoms with Crippen LogP contribution < -0.4 is 4.74 Å². The van der Waals surface area contributed by atoms with E-state index in [1.807, 2.05) is 12.1 Å². The van der Waals surface area contributed by atoms with Gasteiger partial charge in [-0.15, -0.1) is 0 Å². The average Bonchev–Trinajstić information content (AvgIpc) is 2.74. The molecule has 0 saturated carbocycles. The van der Waals surface area contributed by atoms with Gasteiger partial charge in [0.2, 0.25) is 0 Å². The molecule has 4 nitrogen and oxygen atoms in total. The van der Waals surface area contributed by atoms with Gasteiger partial charge in [0.25, 0.3) is 0 Å². The molecule has 0 spiro atoms. The largest absolute Gasteiger partial charge is 0.482 e. The second-order valence-electron chi connectivity index (χ2n) is 2.30. The Morgan fingerprint density at radius 2 is 2.58 bits per heavy atom. The number of nitrogens with zero attached hydrogens (tertiary/aromatic N) is 1. The molecule has 0 radical (unpaired) electrons. The van der Waals surface area contributed by atoms with Crippen molar-refractivity contribution in [3.63, 3.8) is 0 Å². The Kier molecular flexibility index (Phi) is 1.82. The molecular weight excluding hydrogens is 156 g/mol. The molecule has 2 aromatic heterocycles. The minimum Gasteiger partial charge on any atom is -0.482 e. The van der Waals surface area contributed by atoms with Crippen molar-refractivity contribution in [2.24, 2.45) is 0 Å². The Labute approximate surface area is 69.2 Å². The fourth-order valence-electron chi connectivity index (χ4n) is 0.867. The maximum absolute atomic E-state index is 5.30. The van der Waals surface area contributed by atoms with Gasteiger partial charge in [0, 0.05) is 0 Å². The summed E-state index contributed by atoms with van der Waals surface area (Å²) in [5.41, 5.74) is 0. The first kappa shape index (κ1) is 6.97. The minimum absolute atomic E-state index is 0.437. The summed E-state index contributed by atoms with van der Waals surface area (Å²) < 4.78 is 10.4. The van der Waals surface area contributed by atoms with Crippen LogP contribution in [0.25, 0.3) is 0 Å². The molecule has 2 rings (SSSR count). The van der Waals surface area contributed by atoms with Crippen molar-refractivity contribution in [1.82, 2.24) is 10.2 Å². The van der Waals surface area contributed by atoms with Crippen molar-refractivity contribution in [2.45, 2.75) is 6.61 Å². The van der Waals surface area contributed by atoms with Crippen molar-refractivity contribution in [1.29, 1.82) is 0 Å². The maximum Gasteiger partial charge on any atom is 0.157 e. The number of hydrogen-bond acceptors (Lipinski definition) is 3. The lowest BCUT2D eigenvalue weighted by Gasteiger charge is -1.98. The highest BCUT2D eigenvalue weighted by Gasteiger charge is 1.97. The first-order chi connectivity index (χ1) is 5.95. The van der Waals surface area contributed by atoms with Gasteiger partial charge in [0.1, 0.15) is 12.4 Å². The van der Waals surface area contributed by atoms with Crippen LogP contribution in [-0.2, 0) is 6.61 Å². The first-order valence-corrected chi connectivity index (χ1v) is 3.59. The molecule has 0 atom stereocenters. The van der Waals surface area contributed by atoms with E-state index in [4.69, 9.17) is 9.15 Å². The zero-order valence-corrected chi connectivity index (χ0v) is 6.36. The fraction of sp³-hybridized carbons (Fsp3) is 0.125. The van der Waals surface area contributed by atoms with Gasteiger partial charge in [-0.25, -0.2) is 0 Å². The molecule has 2 heterocycles. The molecule has 62 valence electrons. The molecule has 0 fully saturated rings. The number of aromatic nitrogens is 2. The highest BCUT2D eigenvalue weighted by molar-refractivity contribution is 5.10. The van der Waals surface area contributed by atoms with E-state index in [1.54, 1.807) is 18.7 Å². The van der Waals surface area contributed by atoms with E-state index in [9.17, 15) is 0 Å². The van der Waals surface area contributed by atoms with Gasteiger partial charge in [-0.1, -0.05) is 0 Å². The third-order valence-corrected chi connectivity index (χ3v) is 1.43. The second-order valence-corrected chi connectivity index (χ2v) is 2.30. The fourth-order valence-corrected chi connectivity index (χ4v) is 0.867. The van der Waals surface area contributed by atoms with Crippen LogP contribution in [0, 0.1) is 0 Å². The number of nitrogens with one attached hydrogen (secondary N) is 1. The molecular formula is C8H8N2O2. The highest BCUT2D eigenvalue weighted by Crippen LogP contribution is 2.09. The Balaban J connectivity index is 1.91. The van der Waals surface area contributed by atoms with Crippen LogP contribution in [0.2, 0.25) is 0 Å². The van der Waals surface area contributed by atoms with Crippen molar-refractivity contribution in [3.8, 4) is 5.75 Å². The smallest absolute Gasteiger partial charge is 0.157 e. The molecule has 12 heavy (non-hydrogen) atoms. The van der Waals surface area contributed by atoms with Crippen LogP contribution in [-0.4, -0.2) is 10.2 Å². The summed E-state index contributed by atoms with van der Waals surface area (Å²) in [7, 11) is 0. The van der Waals surface area contributed by atoms with Crippen molar-refractivity contribution in [2.75, 3.05) is 0 Å². The SMILES string of the molecule is c1coc(COc2cn[nH]c2)c1. The van der Waals surface area contributed by atoms with Gasteiger partial charge in [-0.05, 0) is 12.1 Å². The van der Waals surface area contributed by atoms with E-state index in [0.29, 0.717) is 12.4 Å². The summed E-state index contributed by atoms with van der Waals surface area (Å²) in [6.07, 6.45) is 4.92. The molecule has 2 aromatic rings. The number of aromatic amines is 1. The summed E-state index contributed by atoms with van der Waals surface area (Å²) in [4.78, 5) is 0. The topological polar surface area (TPSA) is 51.1 Å². The number of furan rings is 1. The number of H-pyrrole nitrogens is 1. The lowest BCUT2D eigenvalue weighted by atomic mass is 10.5. The van der Waals surface area contributed by atoms with Gasteiger partial charge >= 0.3 is 0 Å². The van der Waals surface area contributed by atoms with Gasteiger partial charge in [-0.2, -0.15) is 5.10 Å². The Morgan fingerprint density at radius 1 is 1.58 bits per heavy atom. The van der Waals surface area contributed by atoms with E-state index in [1.165, 1.54) is 0 Å². The predicted octanol–water partition coefficient (Wildman–Crippen LogP) is 1.58. The van der Waals surface area contributed by atoms with Crippen LogP contribution in [0.5, 0.6) is 5.75 Å². The zero-order chi connectivity index (χ0) is 8.23. The van der Waals surface area contributed by atoms with Crippen LogP contribution in [0.15, 0.2) is 35.2 Å². The monoisotopic (exact) mass is 164 g/mol. The Morgan fingerprint density at radius 3 is 3.25 bits per heavy atom. The summed E-state index contributed by atoms with van der Waals surface area (Å²) in [6.45, 7) is 0.437. The molecule has 0 unspecified atom stereocenters. The van der Waals surface area contributed by atoms with Crippen LogP contribution in [0.1, 0.15) is 5.76 Å². The van der Waals surface area contributed by atoms with Gasteiger partial charge in [-0.3, -0.25) is 5.10 Å². The second kappa shape index (κ2) is 3.13. The van der Waals surface area contributed by atoms with Crippen LogP contribution >= 0.6 is 0 Å². The Hall–Kier alpha value is -1.71. The molecule has 0 amide bonds. The predicted molar refractivity (Wildman–Crippen MR) is 41.6 cm³/mol. The van der Waals surface area contributed by atoms with Gasteiger partial charge in [0.05, 0.1) is 18.7 Å². The summed E-state index contributed by atoms with van der Waals surface area (Å²) >= 11 is 0. The maximum atomic E-state index is 5.30. The summed E-state index contributed by atoms with van der Waals surface area (Å²) in [5, 5.41) is 6.40. The van der Waals surface area contributed by atoms with Gasteiger partial charge in [0.15, 0.2) is 5.75 Å². The molecule has 0 aromatic carbocycles. The Bertz CT molecular complexity index is 278. The van der Waals surface area contributed by atoms with E-state index in [2.05, 4.69) is 10.2 Å². The average molecular weight is 164 g/mol. The standard InChI is InChI=1S/C8H8N2O2/c1-2-7(11-3-1)6-12-8-4-9-10-5-8/h1-5H,6H2,(H,9,10). The summed E-state index contributed by atoms with van der Waals surface area (Å²) in [6, 6.07) is 3.69. The third kappa shape index (κ3) is 1.47. The molecule has 0 aliphatic rings. The normalized spacial score (nSPS) is 10.0. The zero-order valence-electron chi connectivity index (χ0n) is 6.36. The summed E-state index contributed by atoms with van der Waals surface area (Å²) in [5.74, 6) is 1.52. The van der Waals surface area contributed by atoms with E-state index >= 15 is 0 Å². The molecule has 0 bridgehead atoms. The molecule has 0 aliphatic carbocycles. The minimum atomic E-state index is 0.437. The molecule has 1 N–H and O–H groups in total. The molecule has 4 heteroatoms. The van der Waals surface area contributed by atoms with Crippen molar-refractivity contribution in [3.05, 3.63) is 36.5 Å². The number of hydrogen-bond donors (Lipinski definition) is 1. The van der Waals surface area contributed by atoms with Crippen LogP contribution in [0.4, 0.5) is 0 Å². The number of ether oxygens (including phenoxy) is 1. The lowest BCUT2D eigenvalue weighted by Crippen LogP contribution is -1.91. The van der Waals surface area contributed by atoms with Crippen molar-refractivity contribution < 1.29 is 9.15 Å². The van der Waals surface area contributed by atoms with Crippen LogP contribution in [0.3, 0.4) is 0 Å². The van der Waals surface area contributed by atoms with E-state index in [0.717, 1.165) is 5.76 Å². The molecule has 0 saturated heterocycles. The third-order valence-electron chi connectivity index (χ3n) is 1.43. The lowest BCUT2D eigenvalue weighted by molar-refractivity contribution is 0.270. The van der Waals surface area contributed by atoms with Gasteiger partial charge < -0.3 is 9.15 Å². The molecule has 0 aliphatic heterocycles. The quantitative estimate of drug-likeness (QED) is 0.749.